The summed E-state index contributed by atoms with van der Waals surface area (Å²) in [6, 6.07) is 11.7. The normalized spacial score (nSPS) is 11.4. The molecule has 0 radical (unpaired) electrons. The Morgan fingerprint density at radius 3 is 1.90 bits per heavy atom. The lowest BCUT2D eigenvalue weighted by atomic mass is 10.2. The molecule has 0 amide bonds. The molecule has 3 rings (SSSR count). The smallest absolute Gasteiger partial charge is 0.235 e. The Morgan fingerprint density at radius 1 is 0.829 bits per heavy atom. The van der Waals surface area contributed by atoms with Crippen molar-refractivity contribution in [1.29, 1.82) is 0 Å². The van der Waals surface area contributed by atoms with Gasteiger partial charge in [-0.3, -0.25) is 9.03 Å². The van der Waals surface area contributed by atoms with E-state index < -0.39 is 31.7 Å². The van der Waals surface area contributed by atoms with E-state index in [0.29, 0.717) is 18.6 Å². The fourth-order valence-electron chi connectivity index (χ4n) is 3.48. The number of halogens is 4. The molecule has 0 aromatic heterocycles. The predicted octanol–water partition coefficient (Wildman–Crippen LogP) is 6.03. The molecule has 41 heavy (non-hydrogen) atoms. The highest BCUT2D eigenvalue weighted by Gasteiger charge is 2.26. The van der Waals surface area contributed by atoms with Gasteiger partial charge in [-0.2, -0.15) is 0 Å². The van der Waals surface area contributed by atoms with E-state index in [1.165, 1.54) is 12.1 Å². The lowest BCUT2D eigenvalue weighted by Crippen LogP contribution is -2.33. The van der Waals surface area contributed by atoms with Gasteiger partial charge in [0.25, 0.3) is 0 Å². The third-order valence-electron chi connectivity index (χ3n) is 5.52. The van der Waals surface area contributed by atoms with Gasteiger partial charge >= 0.3 is 0 Å². The first-order chi connectivity index (χ1) is 19.2. The van der Waals surface area contributed by atoms with Crippen molar-refractivity contribution in [3.8, 4) is 5.75 Å². The molecular formula is C26H32Cl2F2N4O5S2. The first-order valence-corrected chi connectivity index (χ1v) is 16.3. The molecule has 5 N–H and O–H groups in total. The van der Waals surface area contributed by atoms with Crippen LogP contribution in [0.5, 0.6) is 5.75 Å². The first-order valence-electron chi connectivity index (χ1n) is 12.3. The first kappa shape index (κ1) is 34.2. The van der Waals surface area contributed by atoms with Crippen molar-refractivity contribution < 1.29 is 30.4 Å². The zero-order chi connectivity index (χ0) is 31.0. The zero-order valence-corrected chi connectivity index (χ0v) is 25.8. The monoisotopic (exact) mass is 652 g/mol. The number of nitrogens with two attached hydrogens (primary N) is 2. The second-order valence-electron chi connectivity index (χ2n) is 8.71. The molecule has 226 valence electrons. The molecule has 0 heterocycles. The Morgan fingerprint density at radius 2 is 1.37 bits per heavy atom. The fourth-order valence-corrected chi connectivity index (χ4v) is 6.72. The van der Waals surface area contributed by atoms with Crippen molar-refractivity contribution in [1.82, 2.24) is 0 Å². The highest BCUT2D eigenvalue weighted by molar-refractivity contribution is 7.93. The van der Waals surface area contributed by atoms with Gasteiger partial charge in [-0.25, -0.2) is 25.6 Å². The predicted molar refractivity (Wildman–Crippen MR) is 163 cm³/mol. The van der Waals surface area contributed by atoms with Crippen LogP contribution < -0.4 is 25.2 Å². The number of sulfonamides is 2. The second-order valence-corrected chi connectivity index (χ2v) is 13.3. The topological polar surface area (TPSA) is 145 Å². The van der Waals surface area contributed by atoms with Crippen LogP contribution in [0.4, 0.5) is 31.5 Å². The molecule has 0 aliphatic carbocycles. The Hall–Kier alpha value is -3.00. The lowest BCUT2D eigenvalue weighted by molar-refractivity contribution is 0.414. The van der Waals surface area contributed by atoms with Crippen LogP contribution in [0.15, 0.2) is 48.5 Å². The number of hydrogen-bond acceptors (Lipinski definition) is 7. The summed E-state index contributed by atoms with van der Waals surface area (Å²) < 4.78 is 83.4. The van der Waals surface area contributed by atoms with Crippen LogP contribution in [0, 0.1) is 11.6 Å². The van der Waals surface area contributed by atoms with E-state index in [0.717, 1.165) is 22.0 Å². The summed E-state index contributed by atoms with van der Waals surface area (Å²) in [5.74, 6) is -0.789. The Bertz CT molecular complexity index is 1560. The van der Waals surface area contributed by atoms with E-state index in [-0.39, 0.29) is 50.8 Å². The standard InChI is InChI=1S/C17H20ClFN2O3S.C9H12ClFN2O2S/c1-3-10-25(22,23)21(11-12-4-6-13(24-2)7-5-12)15-9-8-14(19)17(20)16(15)18;1-2-5-16(14,15)13-7-4-3-6(11)9(12)8(7)10/h4-9H,3,10-11,20H2,1-2H3;3-4,13H,2,5,12H2,1H3. The average Bonchev–Trinajstić information content (AvgIpc) is 2.92. The third-order valence-corrected chi connectivity index (χ3v) is 9.73. The van der Waals surface area contributed by atoms with Crippen LogP contribution in [0.25, 0.3) is 0 Å². The number of nitrogens with zero attached hydrogens (tertiary/aromatic N) is 1. The molecule has 3 aromatic rings. The van der Waals surface area contributed by atoms with Crippen LogP contribution in [-0.2, 0) is 26.6 Å². The molecule has 0 saturated heterocycles. The fraction of sp³-hybridized carbons (Fsp3) is 0.308. The van der Waals surface area contributed by atoms with E-state index >= 15 is 0 Å². The Labute approximate surface area is 249 Å². The lowest BCUT2D eigenvalue weighted by Gasteiger charge is -2.26. The molecule has 9 nitrogen and oxygen atoms in total. The van der Waals surface area contributed by atoms with Crippen LogP contribution in [-0.4, -0.2) is 35.5 Å². The van der Waals surface area contributed by atoms with Crippen LogP contribution in [0.2, 0.25) is 10.0 Å². The maximum atomic E-state index is 13.6. The molecule has 0 unspecified atom stereocenters. The number of hydrogen-bond donors (Lipinski definition) is 3. The highest BCUT2D eigenvalue weighted by atomic mass is 35.5. The molecule has 0 aliphatic rings. The zero-order valence-electron chi connectivity index (χ0n) is 22.6. The third kappa shape index (κ3) is 9.25. The number of nitrogen functional groups attached to an aromatic ring is 2. The van der Waals surface area contributed by atoms with Gasteiger partial charge in [-0.05, 0) is 54.8 Å². The quantitative estimate of drug-likeness (QED) is 0.214. The van der Waals surface area contributed by atoms with Crippen LogP contribution >= 0.6 is 23.2 Å². The van der Waals surface area contributed by atoms with Crippen molar-refractivity contribution in [2.45, 2.75) is 33.2 Å². The molecule has 3 aromatic carbocycles. The summed E-state index contributed by atoms with van der Waals surface area (Å²) in [4.78, 5) is 0. The summed E-state index contributed by atoms with van der Waals surface area (Å²) in [6.07, 6.45) is 0.916. The van der Waals surface area contributed by atoms with Gasteiger partial charge < -0.3 is 16.2 Å². The molecule has 15 heteroatoms. The second kappa shape index (κ2) is 14.8. The number of methoxy groups -OCH3 is 1. The summed E-state index contributed by atoms with van der Waals surface area (Å²) >= 11 is 11.8. The molecule has 0 fully saturated rings. The molecule has 0 aliphatic heterocycles. The van der Waals surface area contributed by atoms with E-state index in [4.69, 9.17) is 39.4 Å². The number of benzene rings is 3. The SMILES string of the molecule is CCCS(=O)(=O)N(Cc1ccc(OC)cc1)c1ccc(F)c(N)c1Cl.CCCS(=O)(=O)Nc1ccc(F)c(N)c1Cl. The summed E-state index contributed by atoms with van der Waals surface area (Å²) in [6.45, 7) is 3.56. The van der Waals surface area contributed by atoms with Crippen molar-refractivity contribution in [2.24, 2.45) is 0 Å². The molecule has 0 spiro atoms. The number of ether oxygens (including phenoxy) is 1. The minimum absolute atomic E-state index is 0.0272. The van der Waals surface area contributed by atoms with Crippen molar-refractivity contribution >= 4 is 66.0 Å². The maximum Gasteiger partial charge on any atom is 0.235 e. The highest BCUT2D eigenvalue weighted by Crippen LogP contribution is 2.36. The average molecular weight is 654 g/mol. The van der Waals surface area contributed by atoms with Gasteiger partial charge in [0, 0.05) is 0 Å². The van der Waals surface area contributed by atoms with Crippen molar-refractivity contribution in [2.75, 3.05) is 39.1 Å². The van der Waals surface area contributed by atoms with Crippen molar-refractivity contribution in [3.63, 3.8) is 0 Å². The van der Waals surface area contributed by atoms with E-state index in [2.05, 4.69) is 4.72 Å². The summed E-state index contributed by atoms with van der Waals surface area (Å²) in [5, 5.41) is -0.243. The summed E-state index contributed by atoms with van der Waals surface area (Å²) in [7, 11) is -5.55. The van der Waals surface area contributed by atoms with Gasteiger partial charge in [-0.15, -0.1) is 0 Å². The van der Waals surface area contributed by atoms with Gasteiger partial charge in [0.1, 0.15) is 17.4 Å². The molecular weight excluding hydrogens is 621 g/mol. The Kier molecular flexibility index (Phi) is 12.3. The van der Waals surface area contributed by atoms with Crippen molar-refractivity contribution in [3.05, 3.63) is 75.8 Å². The molecule has 0 atom stereocenters. The molecule has 0 saturated carbocycles. The number of anilines is 4. The number of nitrogens with one attached hydrogen (secondary N) is 1. The molecule has 0 bridgehead atoms. The van der Waals surface area contributed by atoms with Gasteiger partial charge in [0.05, 0.1) is 58.0 Å². The van der Waals surface area contributed by atoms with E-state index in [1.54, 1.807) is 45.2 Å². The summed E-state index contributed by atoms with van der Waals surface area (Å²) in [5.41, 5.74) is 11.4. The van der Waals surface area contributed by atoms with E-state index in [9.17, 15) is 25.6 Å². The van der Waals surface area contributed by atoms with Gasteiger partial charge in [-0.1, -0.05) is 49.2 Å². The largest absolute Gasteiger partial charge is 0.497 e. The van der Waals surface area contributed by atoms with E-state index in [1.807, 2.05) is 0 Å². The maximum absolute atomic E-state index is 13.6. The van der Waals surface area contributed by atoms with Gasteiger partial charge in [0.15, 0.2) is 0 Å². The van der Waals surface area contributed by atoms with Crippen LogP contribution in [0.3, 0.4) is 0 Å². The van der Waals surface area contributed by atoms with Gasteiger partial charge in [0.2, 0.25) is 20.0 Å². The number of rotatable bonds is 11. The van der Waals surface area contributed by atoms with Crippen LogP contribution in [0.1, 0.15) is 32.3 Å². The Balaban J connectivity index is 0.000000317. The minimum Gasteiger partial charge on any atom is -0.497 e. The minimum atomic E-state index is -3.65.